The first kappa shape index (κ1) is 32.7. The van der Waals surface area contributed by atoms with E-state index in [1.54, 1.807) is 7.11 Å². The monoisotopic (exact) mass is 531 g/mol. The van der Waals surface area contributed by atoms with E-state index in [0.29, 0.717) is 31.3 Å². The van der Waals surface area contributed by atoms with Crippen molar-refractivity contribution in [2.75, 3.05) is 25.6 Å². The van der Waals surface area contributed by atoms with Gasteiger partial charge >= 0.3 is 11.9 Å². The Hall–Kier alpha value is -3.33. The van der Waals surface area contributed by atoms with Crippen molar-refractivity contribution in [2.45, 2.75) is 84.1 Å². The highest BCUT2D eigenvalue weighted by Gasteiger charge is 2.16. The third-order valence-electron chi connectivity index (χ3n) is 5.88. The molecule has 5 N–H and O–H groups in total. The number of methoxy groups -OCH3 is 1. The standard InChI is InChI=1S/C25H41N3O2.C4H4O4/c1-4-5-6-7-8-9-10-11-18-30-25-21-15-13-17-27-24(21)22(19-23(25)29-3)28-20(2)14-12-16-26;5-3(6)1-2-4(7)8/h13,15,17,19-20,28H,4-12,14,16,18,26H2,1-3H3;1-2H,(H,5,6)(H,7,8). The zero-order valence-corrected chi connectivity index (χ0v) is 23.1. The van der Waals surface area contributed by atoms with E-state index < -0.39 is 11.9 Å². The summed E-state index contributed by atoms with van der Waals surface area (Å²) >= 11 is 0. The van der Waals surface area contributed by atoms with Crippen molar-refractivity contribution in [3.8, 4) is 11.5 Å². The molecule has 0 fully saturated rings. The van der Waals surface area contributed by atoms with Crippen LogP contribution in [-0.2, 0) is 9.59 Å². The van der Waals surface area contributed by atoms with Crippen molar-refractivity contribution in [3.63, 3.8) is 0 Å². The van der Waals surface area contributed by atoms with Crippen LogP contribution in [0, 0.1) is 0 Å². The Bertz CT molecular complexity index is 980. The van der Waals surface area contributed by atoms with E-state index in [2.05, 4.69) is 30.2 Å². The number of fused-ring (bicyclic) bond motifs is 1. The van der Waals surface area contributed by atoms with Crippen molar-refractivity contribution >= 4 is 28.5 Å². The number of aliphatic carboxylic acids is 2. The first-order chi connectivity index (χ1) is 18.3. The second-order valence-electron chi connectivity index (χ2n) is 9.16. The van der Waals surface area contributed by atoms with Gasteiger partial charge in [-0.05, 0) is 44.9 Å². The van der Waals surface area contributed by atoms with Crippen molar-refractivity contribution < 1.29 is 29.3 Å². The summed E-state index contributed by atoms with van der Waals surface area (Å²) in [5.41, 5.74) is 7.55. The number of nitrogens with two attached hydrogens (primary N) is 1. The third kappa shape index (κ3) is 13.3. The highest BCUT2D eigenvalue weighted by molar-refractivity contribution is 5.97. The quantitative estimate of drug-likeness (QED) is 0.134. The number of carboxylic acids is 2. The second-order valence-corrected chi connectivity index (χ2v) is 9.16. The molecule has 9 heteroatoms. The van der Waals surface area contributed by atoms with Crippen LogP contribution in [0.15, 0.2) is 36.5 Å². The zero-order valence-electron chi connectivity index (χ0n) is 23.1. The minimum Gasteiger partial charge on any atom is -0.493 e. The van der Waals surface area contributed by atoms with Gasteiger partial charge in [0.1, 0.15) is 0 Å². The van der Waals surface area contributed by atoms with E-state index in [1.165, 1.54) is 44.9 Å². The van der Waals surface area contributed by atoms with Crippen LogP contribution in [0.5, 0.6) is 11.5 Å². The molecule has 0 aliphatic rings. The summed E-state index contributed by atoms with van der Waals surface area (Å²) in [4.78, 5) is 23.7. The van der Waals surface area contributed by atoms with E-state index in [1.807, 2.05) is 18.3 Å². The van der Waals surface area contributed by atoms with Crippen LogP contribution < -0.4 is 20.5 Å². The highest BCUT2D eigenvalue weighted by Crippen LogP contribution is 2.40. The van der Waals surface area contributed by atoms with Gasteiger partial charge in [0.15, 0.2) is 11.5 Å². The van der Waals surface area contributed by atoms with Crippen LogP contribution in [0.1, 0.15) is 78.1 Å². The predicted octanol–water partition coefficient (Wildman–Crippen LogP) is 6.01. The maximum absolute atomic E-state index is 9.55. The Balaban J connectivity index is 0.000000781. The maximum atomic E-state index is 9.55. The first-order valence-electron chi connectivity index (χ1n) is 13.5. The Morgan fingerprint density at radius 3 is 2.26 bits per heavy atom. The van der Waals surface area contributed by atoms with Crippen LogP contribution in [-0.4, -0.2) is 53.4 Å². The molecule has 1 aromatic heterocycles. The number of benzene rings is 1. The van der Waals surface area contributed by atoms with Gasteiger partial charge in [-0.25, -0.2) is 9.59 Å². The molecule has 0 bridgehead atoms. The minimum absolute atomic E-state index is 0.313. The molecule has 0 radical (unpaired) electrons. The fourth-order valence-corrected chi connectivity index (χ4v) is 3.93. The fraction of sp³-hybridized carbons (Fsp3) is 0.552. The lowest BCUT2D eigenvalue weighted by molar-refractivity contribution is -0.134. The molecule has 1 unspecified atom stereocenters. The number of nitrogens with one attached hydrogen (secondary N) is 1. The zero-order chi connectivity index (χ0) is 28.2. The minimum atomic E-state index is -1.26. The molecule has 2 rings (SSSR count). The Labute approximate surface area is 226 Å². The van der Waals surface area contributed by atoms with Crippen molar-refractivity contribution in [1.82, 2.24) is 4.98 Å². The van der Waals surface area contributed by atoms with Crippen LogP contribution >= 0.6 is 0 Å². The maximum Gasteiger partial charge on any atom is 0.328 e. The number of ether oxygens (including phenoxy) is 2. The lowest BCUT2D eigenvalue weighted by Gasteiger charge is -2.20. The summed E-state index contributed by atoms with van der Waals surface area (Å²) in [5.74, 6) is -0.966. The van der Waals surface area contributed by atoms with E-state index in [-0.39, 0.29) is 0 Å². The molecule has 0 aliphatic heterocycles. The van der Waals surface area contributed by atoms with E-state index >= 15 is 0 Å². The number of carboxylic acid groups (broad SMARTS) is 2. The number of pyridine rings is 1. The smallest absolute Gasteiger partial charge is 0.328 e. The molecular weight excluding hydrogens is 486 g/mol. The Morgan fingerprint density at radius 1 is 1.05 bits per heavy atom. The summed E-state index contributed by atoms with van der Waals surface area (Å²) in [6.07, 6.45) is 15.2. The lowest BCUT2D eigenvalue weighted by Crippen LogP contribution is -2.17. The van der Waals surface area contributed by atoms with Gasteiger partial charge in [-0.3, -0.25) is 4.98 Å². The van der Waals surface area contributed by atoms with Crippen molar-refractivity contribution in [1.29, 1.82) is 0 Å². The summed E-state index contributed by atoms with van der Waals surface area (Å²) in [7, 11) is 1.70. The van der Waals surface area contributed by atoms with Gasteiger partial charge in [0, 0.05) is 35.8 Å². The van der Waals surface area contributed by atoms with Gasteiger partial charge in [-0.2, -0.15) is 0 Å². The molecule has 1 aromatic carbocycles. The van der Waals surface area contributed by atoms with Gasteiger partial charge in [0.25, 0.3) is 0 Å². The lowest BCUT2D eigenvalue weighted by atomic mass is 10.1. The van der Waals surface area contributed by atoms with Crippen LogP contribution in [0.25, 0.3) is 10.9 Å². The van der Waals surface area contributed by atoms with E-state index in [0.717, 1.165) is 47.4 Å². The molecule has 0 aliphatic carbocycles. The fourth-order valence-electron chi connectivity index (χ4n) is 3.93. The molecule has 1 atom stereocenters. The number of anilines is 1. The Kier molecular flexibility index (Phi) is 17.0. The van der Waals surface area contributed by atoms with Crippen molar-refractivity contribution in [2.24, 2.45) is 5.73 Å². The number of carbonyl (C=O) groups is 2. The van der Waals surface area contributed by atoms with Crippen molar-refractivity contribution in [3.05, 3.63) is 36.5 Å². The number of hydrogen-bond donors (Lipinski definition) is 4. The van der Waals surface area contributed by atoms with Crippen LogP contribution in [0.4, 0.5) is 5.69 Å². The highest BCUT2D eigenvalue weighted by atomic mass is 16.5. The Morgan fingerprint density at radius 2 is 1.68 bits per heavy atom. The summed E-state index contributed by atoms with van der Waals surface area (Å²) in [5, 5.41) is 20.2. The molecule has 0 saturated carbocycles. The number of unbranched alkanes of at least 4 members (excludes halogenated alkanes) is 7. The summed E-state index contributed by atoms with van der Waals surface area (Å²) in [6, 6.07) is 6.33. The molecule has 38 heavy (non-hydrogen) atoms. The predicted molar refractivity (Wildman–Crippen MR) is 152 cm³/mol. The largest absolute Gasteiger partial charge is 0.493 e. The molecule has 1 heterocycles. The van der Waals surface area contributed by atoms with Crippen LogP contribution in [0.2, 0.25) is 0 Å². The second kappa shape index (κ2) is 19.7. The van der Waals surface area contributed by atoms with Gasteiger partial charge in [-0.15, -0.1) is 0 Å². The van der Waals surface area contributed by atoms with E-state index in [9.17, 15) is 9.59 Å². The SMILES string of the molecule is CCCCCCCCCCOc1c(OC)cc(NC(C)CCCN)c2ncccc12.O=C(O)C=CC(=O)O. The number of rotatable bonds is 18. The number of nitrogens with zero attached hydrogens (tertiary/aromatic N) is 1. The average molecular weight is 532 g/mol. The molecule has 212 valence electrons. The molecule has 0 amide bonds. The third-order valence-corrected chi connectivity index (χ3v) is 5.88. The summed E-state index contributed by atoms with van der Waals surface area (Å²) < 4.78 is 11.9. The molecule has 2 aromatic rings. The van der Waals surface area contributed by atoms with E-state index in [4.69, 9.17) is 25.4 Å². The van der Waals surface area contributed by atoms with Gasteiger partial charge in [-0.1, -0.05) is 51.9 Å². The number of aromatic nitrogens is 1. The summed E-state index contributed by atoms with van der Waals surface area (Å²) in [6.45, 7) is 5.84. The topological polar surface area (TPSA) is 144 Å². The van der Waals surface area contributed by atoms with Crippen LogP contribution in [0.3, 0.4) is 0 Å². The van der Waals surface area contributed by atoms with Gasteiger partial charge in [0.05, 0.1) is 24.9 Å². The number of hydrogen-bond acceptors (Lipinski definition) is 7. The first-order valence-corrected chi connectivity index (χ1v) is 13.5. The van der Waals surface area contributed by atoms with Gasteiger partial charge < -0.3 is 30.7 Å². The molecular formula is C29H45N3O6. The normalized spacial score (nSPS) is 11.6. The molecule has 0 spiro atoms. The van der Waals surface area contributed by atoms with Gasteiger partial charge in [0.2, 0.25) is 0 Å². The molecule has 9 nitrogen and oxygen atoms in total. The molecule has 0 saturated heterocycles. The average Bonchev–Trinajstić information content (AvgIpc) is 2.90.